The number of nitrogens with one attached hydrogen (secondary N) is 2. The summed E-state index contributed by atoms with van der Waals surface area (Å²) in [5.41, 5.74) is 3.54. The Hall–Kier alpha value is -1.47. The van der Waals surface area contributed by atoms with Crippen LogP contribution in [0.1, 0.15) is 2.85 Å². The van der Waals surface area contributed by atoms with Gasteiger partial charge in [-0.05, 0) is 70.4 Å². The zero-order valence-corrected chi connectivity index (χ0v) is 31.8. The molecule has 0 bridgehead atoms. The second-order valence-corrected chi connectivity index (χ2v) is 12.4. The first-order chi connectivity index (χ1) is 20.1. The SMILES string of the molecule is O=S(=O)(O)c1cccc2c(-c3ccc(Nc4ccccc4)c4c(S(=O)(=O)O)cccc34)ccc(Nc3ccccc3)c12.[H-].[H-].[K+].[K+]. The number of benzene rings is 6. The van der Waals surface area contributed by atoms with Gasteiger partial charge in [0, 0.05) is 33.5 Å². The molecule has 44 heavy (non-hydrogen) atoms. The monoisotopic (exact) mass is 676 g/mol. The third-order valence-corrected chi connectivity index (χ3v) is 8.75. The summed E-state index contributed by atoms with van der Waals surface area (Å²) in [7, 11) is -9.23. The molecule has 0 saturated carbocycles. The first-order valence-electron chi connectivity index (χ1n) is 12.8. The van der Waals surface area contributed by atoms with E-state index in [1.165, 1.54) is 12.1 Å². The van der Waals surface area contributed by atoms with Crippen molar-refractivity contribution in [2.75, 3.05) is 10.6 Å². The van der Waals surface area contributed by atoms with Crippen LogP contribution in [0.5, 0.6) is 0 Å². The summed E-state index contributed by atoms with van der Waals surface area (Å²) in [6.07, 6.45) is 0. The predicted molar refractivity (Wildman–Crippen MR) is 168 cm³/mol. The Bertz CT molecular complexity index is 2050. The maximum Gasteiger partial charge on any atom is 1.00 e. The quantitative estimate of drug-likeness (QED) is 0.149. The van der Waals surface area contributed by atoms with E-state index in [4.69, 9.17) is 0 Å². The molecule has 6 aromatic rings. The maximum atomic E-state index is 12.5. The van der Waals surface area contributed by atoms with E-state index in [-0.39, 0.29) is 126 Å². The second-order valence-electron chi connectivity index (χ2n) is 9.61. The van der Waals surface area contributed by atoms with Crippen molar-refractivity contribution in [1.29, 1.82) is 0 Å². The van der Waals surface area contributed by atoms with Crippen LogP contribution in [0.4, 0.5) is 22.7 Å². The van der Waals surface area contributed by atoms with Gasteiger partial charge >= 0.3 is 103 Å². The van der Waals surface area contributed by atoms with E-state index in [0.717, 1.165) is 11.4 Å². The van der Waals surface area contributed by atoms with E-state index in [1.54, 1.807) is 48.5 Å². The maximum absolute atomic E-state index is 12.5. The van der Waals surface area contributed by atoms with E-state index in [0.29, 0.717) is 33.3 Å². The fraction of sp³-hybridized carbons (Fsp3) is 0. The zero-order valence-electron chi connectivity index (χ0n) is 25.9. The number of hydrogen-bond donors (Lipinski definition) is 4. The van der Waals surface area contributed by atoms with Gasteiger partial charge in [-0.3, -0.25) is 9.11 Å². The van der Waals surface area contributed by atoms with Gasteiger partial charge in [0.05, 0.1) is 0 Å². The van der Waals surface area contributed by atoms with Gasteiger partial charge in [-0.2, -0.15) is 16.8 Å². The van der Waals surface area contributed by atoms with Gasteiger partial charge in [0.1, 0.15) is 9.79 Å². The Balaban J connectivity index is 0.00000184. The van der Waals surface area contributed by atoms with Crippen LogP contribution in [-0.2, 0) is 20.2 Å². The van der Waals surface area contributed by atoms with Crippen molar-refractivity contribution in [2.24, 2.45) is 0 Å². The number of fused-ring (bicyclic) bond motifs is 2. The molecule has 12 heteroatoms. The van der Waals surface area contributed by atoms with Gasteiger partial charge < -0.3 is 13.5 Å². The minimum absolute atomic E-state index is 0. The van der Waals surface area contributed by atoms with E-state index in [9.17, 15) is 25.9 Å². The van der Waals surface area contributed by atoms with E-state index >= 15 is 0 Å². The van der Waals surface area contributed by atoms with Crippen molar-refractivity contribution in [3.8, 4) is 11.1 Å². The molecule has 8 nitrogen and oxygen atoms in total. The Morgan fingerprint density at radius 1 is 0.455 bits per heavy atom. The molecule has 6 aromatic carbocycles. The van der Waals surface area contributed by atoms with Crippen LogP contribution < -0.4 is 113 Å². The largest absolute Gasteiger partial charge is 1.00 e. The van der Waals surface area contributed by atoms with Crippen molar-refractivity contribution in [3.05, 3.63) is 121 Å². The van der Waals surface area contributed by atoms with Gasteiger partial charge in [0.15, 0.2) is 0 Å². The van der Waals surface area contributed by atoms with Crippen LogP contribution in [0, 0.1) is 0 Å². The average Bonchev–Trinajstić information content (AvgIpc) is 2.97. The summed E-state index contributed by atoms with van der Waals surface area (Å²) < 4.78 is 70.3. The summed E-state index contributed by atoms with van der Waals surface area (Å²) in [6, 6.07) is 34.7. The average molecular weight is 677 g/mol. The standard InChI is InChI=1S/C32H24N2O6S2.2K.2H/c35-41(36,37)29-15-7-13-25-23(17-19-27(31(25)29)33-21-9-3-1-4-10-21)24-18-20-28(34-22-11-5-2-6-12-22)32-26(24)14-8-16-30(32)42(38,39)40;;;;/h1-20,33-34H,(H,35,36,37)(H,38,39,40);;;;/q;2*+1;2*-1. The molecule has 0 aliphatic heterocycles. The Morgan fingerprint density at radius 3 is 1.16 bits per heavy atom. The number of rotatable bonds is 7. The fourth-order valence-corrected chi connectivity index (χ4v) is 6.67. The smallest absolute Gasteiger partial charge is 1.00 e. The first-order valence-corrected chi connectivity index (χ1v) is 15.7. The molecule has 0 atom stereocenters. The Kier molecular flexibility index (Phi) is 11.7. The topological polar surface area (TPSA) is 133 Å². The summed E-state index contributed by atoms with van der Waals surface area (Å²) in [5.74, 6) is 0. The molecule has 0 radical (unpaired) electrons. The molecule has 0 aromatic heterocycles. The molecule has 0 aliphatic rings. The second kappa shape index (κ2) is 14.5. The molecule has 0 saturated heterocycles. The Labute approximate surface area is 343 Å². The molecule has 0 aliphatic carbocycles. The Morgan fingerprint density at radius 2 is 0.818 bits per heavy atom. The van der Waals surface area contributed by atoms with Gasteiger partial charge in [0.25, 0.3) is 20.2 Å². The molecule has 0 heterocycles. The minimum atomic E-state index is -4.62. The van der Waals surface area contributed by atoms with Crippen LogP contribution in [0.2, 0.25) is 0 Å². The normalized spacial score (nSPS) is 11.4. The zero-order chi connectivity index (χ0) is 29.5. The number of anilines is 4. The van der Waals surface area contributed by atoms with Crippen molar-refractivity contribution in [1.82, 2.24) is 0 Å². The summed E-state index contributed by atoms with van der Waals surface area (Å²) in [5, 5.41) is 8.04. The van der Waals surface area contributed by atoms with Gasteiger partial charge in [0.2, 0.25) is 0 Å². The van der Waals surface area contributed by atoms with E-state index < -0.39 is 20.2 Å². The van der Waals surface area contributed by atoms with E-state index in [1.807, 2.05) is 60.7 Å². The summed E-state index contributed by atoms with van der Waals surface area (Å²) in [4.78, 5) is -0.545. The molecule has 0 unspecified atom stereocenters. The third-order valence-electron chi connectivity index (χ3n) is 6.96. The van der Waals surface area contributed by atoms with Gasteiger partial charge in [-0.25, -0.2) is 0 Å². The van der Waals surface area contributed by atoms with Crippen molar-refractivity contribution < 1.29 is 132 Å². The molecule has 0 amide bonds. The van der Waals surface area contributed by atoms with Gasteiger partial charge in [-0.1, -0.05) is 72.8 Å². The van der Waals surface area contributed by atoms with Crippen LogP contribution >= 0.6 is 0 Å². The molecule has 4 N–H and O–H groups in total. The van der Waals surface area contributed by atoms with Crippen LogP contribution in [0.25, 0.3) is 32.7 Å². The fourth-order valence-electron chi connectivity index (χ4n) is 5.21. The molecule has 0 fully saturated rings. The molecule has 0 spiro atoms. The molecule has 6 rings (SSSR count). The first kappa shape index (κ1) is 35.4. The van der Waals surface area contributed by atoms with Crippen LogP contribution in [0.3, 0.4) is 0 Å². The van der Waals surface area contributed by atoms with Crippen molar-refractivity contribution in [3.63, 3.8) is 0 Å². The summed E-state index contributed by atoms with van der Waals surface area (Å²) in [6.45, 7) is 0. The molecular formula is C32H26K2N2O6S2. The number of hydrogen-bond acceptors (Lipinski definition) is 6. The summed E-state index contributed by atoms with van der Waals surface area (Å²) >= 11 is 0. The number of para-hydroxylation sites is 2. The predicted octanol–water partition coefficient (Wildman–Crippen LogP) is 1.87. The molecule has 214 valence electrons. The third kappa shape index (κ3) is 7.40. The van der Waals surface area contributed by atoms with Crippen molar-refractivity contribution >= 4 is 64.5 Å². The van der Waals surface area contributed by atoms with Crippen LogP contribution in [-0.4, -0.2) is 25.9 Å². The minimum Gasteiger partial charge on any atom is -1.00 e. The van der Waals surface area contributed by atoms with Gasteiger partial charge in [-0.15, -0.1) is 0 Å². The van der Waals surface area contributed by atoms with E-state index in [2.05, 4.69) is 10.6 Å². The van der Waals surface area contributed by atoms with Crippen molar-refractivity contribution in [2.45, 2.75) is 9.79 Å². The van der Waals surface area contributed by atoms with Crippen LogP contribution in [0.15, 0.2) is 131 Å². The molecular weight excluding hydrogens is 651 g/mol.